The molecule has 2 heterocycles. The molecule has 2 aromatic carbocycles. The monoisotopic (exact) mass is 513 g/mol. The lowest BCUT2D eigenvalue weighted by atomic mass is 9.96. The third-order valence-electron chi connectivity index (χ3n) is 7.07. The van der Waals surface area contributed by atoms with Gasteiger partial charge in [0.15, 0.2) is 11.4 Å². The van der Waals surface area contributed by atoms with Gasteiger partial charge in [0.2, 0.25) is 0 Å². The standard InChI is InChI=1S/C29H28FN5O3/c1-15-11-19(5-9-23(15)30)14-31-28(37)25-13-26(35-27(32-25)12-16(2)34-35)29(38)33-24-10-8-21-17(3)20(18(4)36)6-7-22(21)24/h5-7,9,11-13,24H,8,10,14H2,1-4H3,(H,31,37)(H,33,38)/t24-/m0/s1. The first-order valence-corrected chi connectivity index (χ1v) is 12.5. The zero-order valence-electron chi connectivity index (χ0n) is 21.7. The second-order valence-electron chi connectivity index (χ2n) is 9.78. The van der Waals surface area contributed by atoms with E-state index in [0.29, 0.717) is 28.9 Å². The summed E-state index contributed by atoms with van der Waals surface area (Å²) in [6, 6.07) is 11.3. The van der Waals surface area contributed by atoms with Crippen LogP contribution in [0.4, 0.5) is 4.39 Å². The number of aromatic nitrogens is 3. The highest BCUT2D eigenvalue weighted by molar-refractivity contribution is 5.99. The molecule has 9 heteroatoms. The second kappa shape index (κ2) is 9.81. The molecule has 4 aromatic rings. The minimum Gasteiger partial charge on any atom is -0.347 e. The molecule has 8 nitrogen and oxygen atoms in total. The molecule has 0 unspecified atom stereocenters. The molecule has 1 aliphatic rings. The zero-order chi connectivity index (χ0) is 27.1. The summed E-state index contributed by atoms with van der Waals surface area (Å²) in [5.41, 5.74) is 6.29. The Morgan fingerprint density at radius 1 is 1.05 bits per heavy atom. The van der Waals surface area contributed by atoms with Crippen LogP contribution in [0.5, 0.6) is 0 Å². The summed E-state index contributed by atoms with van der Waals surface area (Å²) < 4.78 is 15.0. The molecule has 0 saturated heterocycles. The van der Waals surface area contributed by atoms with E-state index in [1.54, 1.807) is 39.0 Å². The van der Waals surface area contributed by atoms with Crippen LogP contribution in [0.3, 0.4) is 0 Å². The lowest BCUT2D eigenvalue weighted by Gasteiger charge is -2.16. The number of rotatable bonds is 6. The van der Waals surface area contributed by atoms with Crippen molar-refractivity contribution in [3.8, 4) is 0 Å². The molecule has 2 N–H and O–H groups in total. The molecule has 0 aliphatic heterocycles. The average molecular weight is 514 g/mol. The second-order valence-corrected chi connectivity index (χ2v) is 9.78. The SMILES string of the molecule is CC(=O)c1ccc2c(c1C)CC[C@@H]2NC(=O)c1cc(C(=O)NCc2ccc(F)c(C)c2)nc2cc(C)nn12. The Bertz CT molecular complexity index is 1620. The van der Waals surface area contributed by atoms with Gasteiger partial charge in [0.1, 0.15) is 17.2 Å². The Morgan fingerprint density at radius 2 is 1.84 bits per heavy atom. The van der Waals surface area contributed by atoms with Crippen molar-refractivity contribution < 1.29 is 18.8 Å². The molecule has 0 bridgehead atoms. The highest BCUT2D eigenvalue weighted by atomic mass is 19.1. The summed E-state index contributed by atoms with van der Waals surface area (Å²) >= 11 is 0. The summed E-state index contributed by atoms with van der Waals surface area (Å²) in [5, 5.41) is 10.3. The summed E-state index contributed by atoms with van der Waals surface area (Å²) in [5.74, 6) is -1.12. The van der Waals surface area contributed by atoms with Gasteiger partial charge in [-0.15, -0.1) is 0 Å². The number of amides is 2. The topological polar surface area (TPSA) is 105 Å². The van der Waals surface area contributed by atoms with Crippen LogP contribution >= 0.6 is 0 Å². The van der Waals surface area contributed by atoms with Crippen LogP contribution < -0.4 is 10.6 Å². The zero-order valence-corrected chi connectivity index (χ0v) is 21.7. The van der Waals surface area contributed by atoms with E-state index in [9.17, 15) is 18.8 Å². The smallest absolute Gasteiger partial charge is 0.270 e. The molecule has 2 amide bonds. The number of nitrogens with zero attached hydrogens (tertiary/aromatic N) is 3. The summed E-state index contributed by atoms with van der Waals surface area (Å²) in [7, 11) is 0. The predicted octanol–water partition coefficient (Wildman–Crippen LogP) is 4.34. The van der Waals surface area contributed by atoms with Crippen LogP contribution in [-0.4, -0.2) is 32.2 Å². The van der Waals surface area contributed by atoms with E-state index in [2.05, 4.69) is 20.7 Å². The first-order chi connectivity index (χ1) is 18.1. The van der Waals surface area contributed by atoms with Gasteiger partial charge in [-0.25, -0.2) is 13.9 Å². The number of fused-ring (bicyclic) bond motifs is 2. The van der Waals surface area contributed by atoms with E-state index < -0.39 is 5.91 Å². The number of aryl methyl sites for hydroxylation is 2. The van der Waals surface area contributed by atoms with Crippen LogP contribution in [0.15, 0.2) is 42.5 Å². The number of ketones is 1. The maximum absolute atomic E-state index is 13.6. The van der Waals surface area contributed by atoms with Crippen molar-refractivity contribution in [1.29, 1.82) is 0 Å². The Balaban J connectivity index is 1.40. The molecule has 2 aromatic heterocycles. The van der Waals surface area contributed by atoms with Crippen molar-refractivity contribution in [2.24, 2.45) is 0 Å². The van der Waals surface area contributed by atoms with Crippen LogP contribution in [-0.2, 0) is 13.0 Å². The van der Waals surface area contributed by atoms with E-state index in [1.165, 1.54) is 16.6 Å². The first-order valence-electron chi connectivity index (χ1n) is 12.5. The number of nitrogens with one attached hydrogen (secondary N) is 2. The Labute approximate surface area is 219 Å². The molecular weight excluding hydrogens is 485 g/mol. The van der Waals surface area contributed by atoms with Crippen LogP contribution in [0.1, 0.15) is 84.2 Å². The third-order valence-corrected chi connectivity index (χ3v) is 7.07. The fourth-order valence-corrected chi connectivity index (χ4v) is 5.10. The van der Waals surface area contributed by atoms with E-state index in [1.807, 2.05) is 19.1 Å². The predicted molar refractivity (Wildman–Crippen MR) is 140 cm³/mol. The summed E-state index contributed by atoms with van der Waals surface area (Å²) in [6.45, 7) is 7.13. The third kappa shape index (κ3) is 4.67. The number of carbonyl (C=O) groups is 3. The molecule has 0 saturated carbocycles. The fourth-order valence-electron chi connectivity index (χ4n) is 5.10. The van der Waals surface area contributed by atoms with Crippen molar-refractivity contribution in [1.82, 2.24) is 25.2 Å². The van der Waals surface area contributed by atoms with Crippen molar-refractivity contribution in [3.63, 3.8) is 0 Å². The molecule has 0 fully saturated rings. The maximum atomic E-state index is 13.6. The van der Waals surface area contributed by atoms with Gasteiger partial charge in [-0.1, -0.05) is 24.3 Å². The van der Waals surface area contributed by atoms with Gasteiger partial charge in [-0.3, -0.25) is 14.4 Å². The number of hydrogen-bond acceptors (Lipinski definition) is 5. The van der Waals surface area contributed by atoms with Gasteiger partial charge >= 0.3 is 0 Å². The van der Waals surface area contributed by atoms with Gasteiger partial charge < -0.3 is 10.6 Å². The summed E-state index contributed by atoms with van der Waals surface area (Å²) in [6.07, 6.45) is 1.47. The van der Waals surface area contributed by atoms with E-state index >= 15 is 0 Å². The number of benzene rings is 2. The quantitative estimate of drug-likeness (QED) is 0.373. The van der Waals surface area contributed by atoms with Crippen molar-refractivity contribution in [2.75, 3.05) is 0 Å². The molecule has 0 radical (unpaired) electrons. The Morgan fingerprint density at radius 3 is 2.58 bits per heavy atom. The van der Waals surface area contributed by atoms with Gasteiger partial charge in [0.05, 0.1) is 11.7 Å². The minimum atomic E-state index is -0.457. The molecule has 1 aliphatic carbocycles. The average Bonchev–Trinajstić information content (AvgIpc) is 3.46. The van der Waals surface area contributed by atoms with E-state index in [-0.39, 0.29) is 41.5 Å². The van der Waals surface area contributed by atoms with Gasteiger partial charge in [-0.05, 0) is 74.4 Å². The van der Waals surface area contributed by atoms with E-state index in [4.69, 9.17) is 0 Å². The highest BCUT2D eigenvalue weighted by Gasteiger charge is 2.28. The minimum absolute atomic E-state index is 0.0198. The molecule has 194 valence electrons. The molecular formula is C29H28FN5O3. The van der Waals surface area contributed by atoms with Crippen molar-refractivity contribution in [2.45, 2.75) is 53.1 Å². The van der Waals surface area contributed by atoms with Gasteiger partial charge in [0.25, 0.3) is 11.8 Å². The Kier molecular flexibility index (Phi) is 6.52. The lowest BCUT2D eigenvalue weighted by Crippen LogP contribution is -2.30. The number of halogens is 1. The number of Topliss-reactive ketones (excluding diaryl/α,β-unsaturated/α-hetero) is 1. The molecule has 5 rings (SSSR count). The maximum Gasteiger partial charge on any atom is 0.270 e. The number of hydrogen-bond donors (Lipinski definition) is 2. The molecule has 38 heavy (non-hydrogen) atoms. The highest BCUT2D eigenvalue weighted by Crippen LogP contribution is 2.35. The van der Waals surface area contributed by atoms with E-state index in [0.717, 1.165) is 28.7 Å². The molecule has 1 atom stereocenters. The van der Waals surface area contributed by atoms with Crippen LogP contribution in [0.25, 0.3) is 5.65 Å². The normalized spacial score (nSPS) is 14.4. The van der Waals surface area contributed by atoms with Crippen LogP contribution in [0, 0.1) is 26.6 Å². The lowest BCUT2D eigenvalue weighted by molar-refractivity contribution is 0.0927. The van der Waals surface area contributed by atoms with Gasteiger partial charge in [-0.2, -0.15) is 5.10 Å². The molecule has 0 spiro atoms. The Hall–Kier alpha value is -4.40. The van der Waals surface area contributed by atoms with Crippen molar-refractivity contribution in [3.05, 3.63) is 98.7 Å². The largest absolute Gasteiger partial charge is 0.347 e. The number of carbonyl (C=O) groups excluding carboxylic acids is 3. The van der Waals surface area contributed by atoms with Crippen LogP contribution in [0.2, 0.25) is 0 Å². The summed E-state index contributed by atoms with van der Waals surface area (Å²) in [4.78, 5) is 42.8. The first kappa shape index (κ1) is 25.3. The fraction of sp³-hybridized carbons (Fsp3) is 0.276. The van der Waals surface area contributed by atoms with Gasteiger partial charge in [0, 0.05) is 24.2 Å². The van der Waals surface area contributed by atoms with Crippen molar-refractivity contribution >= 4 is 23.2 Å².